The van der Waals surface area contributed by atoms with Gasteiger partial charge >= 0.3 is 0 Å². The van der Waals surface area contributed by atoms with Gasteiger partial charge in [-0.2, -0.15) is 0 Å². The highest BCUT2D eigenvalue weighted by Crippen LogP contribution is 2.11. The number of aromatic nitrogens is 2. The first-order valence-electron chi connectivity index (χ1n) is 6.13. The molecule has 1 aromatic carbocycles. The number of benzene rings is 1. The molecule has 0 aliphatic heterocycles. The van der Waals surface area contributed by atoms with Gasteiger partial charge < -0.3 is 4.74 Å². The molecule has 0 atom stereocenters. The van der Waals surface area contributed by atoms with Crippen LogP contribution in [-0.4, -0.2) is 11.2 Å². The summed E-state index contributed by atoms with van der Waals surface area (Å²) in [6.45, 7) is 5.94. The van der Waals surface area contributed by atoms with Crippen LogP contribution < -0.4 is 9.30 Å². The van der Waals surface area contributed by atoms with Crippen LogP contribution in [0.2, 0.25) is 0 Å². The van der Waals surface area contributed by atoms with E-state index in [1.165, 1.54) is 0 Å². The van der Waals surface area contributed by atoms with Crippen LogP contribution in [0.4, 0.5) is 0 Å². The normalized spacial score (nSPS) is 10.5. The Kier molecular flexibility index (Phi) is 3.81. The molecule has 0 bridgehead atoms. The fourth-order valence-electron chi connectivity index (χ4n) is 1.82. The Morgan fingerprint density at radius 2 is 1.94 bits per heavy atom. The van der Waals surface area contributed by atoms with Crippen molar-refractivity contribution in [2.45, 2.75) is 26.8 Å². The molecule has 0 radical (unpaired) electrons. The lowest BCUT2D eigenvalue weighted by molar-refractivity contribution is -0.595. The van der Waals surface area contributed by atoms with E-state index in [2.05, 4.69) is 46.9 Å². The van der Waals surface area contributed by atoms with Gasteiger partial charge in [-0.15, -0.1) is 0 Å². The first-order valence-corrected chi connectivity index (χ1v) is 6.13. The second kappa shape index (κ2) is 5.53. The topological polar surface area (TPSA) is 18.0 Å². The molecule has 0 aliphatic rings. The minimum atomic E-state index is 0.708. The highest BCUT2D eigenvalue weighted by atomic mass is 16.5. The summed E-state index contributed by atoms with van der Waals surface area (Å²) in [5.74, 6) is 0.921. The van der Waals surface area contributed by atoms with Crippen LogP contribution in [0.3, 0.4) is 0 Å². The fourth-order valence-corrected chi connectivity index (χ4v) is 1.82. The van der Waals surface area contributed by atoms with Crippen molar-refractivity contribution in [3.05, 3.63) is 43.0 Å². The van der Waals surface area contributed by atoms with Crippen LogP contribution in [0.25, 0.3) is 5.69 Å². The third kappa shape index (κ3) is 2.87. The second-order valence-corrected chi connectivity index (χ2v) is 3.99. The number of hydrogen-bond donors (Lipinski definition) is 0. The molecule has 0 unspecified atom stereocenters. The van der Waals surface area contributed by atoms with Crippen LogP contribution in [-0.2, 0) is 6.54 Å². The molecule has 1 heterocycles. The van der Waals surface area contributed by atoms with Gasteiger partial charge in [0, 0.05) is 0 Å². The van der Waals surface area contributed by atoms with Gasteiger partial charge in [-0.05, 0) is 37.6 Å². The van der Waals surface area contributed by atoms with Gasteiger partial charge in [0.1, 0.15) is 23.8 Å². The van der Waals surface area contributed by atoms with E-state index in [1.807, 2.05) is 19.1 Å². The number of aryl methyl sites for hydroxylation is 1. The summed E-state index contributed by atoms with van der Waals surface area (Å²) < 4.78 is 9.73. The van der Waals surface area contributed by atoms with Gasteiger partial charge in [-0.25, -0.2) is 9.13 Å². The van der Waals surface area contributed by atoms with E-state index in [9.17, 15) is 0 Å². The van der Waals surface area contributed by atoms with E-state index in [0.717, 1.165) is 24.4 Å². The third-order valence-corrected chi connectivity index (χ3v) is 2.62. The molecule has 2 rings (SSSR count). The van der Waals surface area contributed by atoms with Crippen LogP contribution in [0.5, 0.6) is 5.75 Å². The molecule has 0 aliphatic carbocycles. The Hall–Kier alpha value is -1.77. The zero-order valence-electron chi connectivity index (χ0n) is 10.5. The van der Waals surface area contributed by atoms with Crippen molar-refractivity contribution in [3.8, 4) is 11.4 Å². The molecule has 2 aromatic rings. The van der Waals surface area contributed by atoms with Gasteiger partial charge in [0.25, 0.3) is 0 Å². The maximum absolute atomic E-state index is 5.43. The van der Waals surface area contributed by atoms with Gasteiger partial charge in [-0.1, -0.05) is 6.92 Å². The first kappa shape index (κ1) is 11.7. The minimum absolute atomic E-state index is 0.708. The van der Waals surface area contributed by atoms with Gasteiger partial charge in [-0.3, -0.25) is 0 Å². The predicted octanol–water partition coefficient (Wildman–Crippen LogP) is 2.57. The summed E-state index contributed by atoms with van der Waals surface area (Å²) in [7, 11) is 0. The van der Waals surface area contributed by atoms with Crippen LogP contribution in [0, 0.1) is 0 Å². The van der Waals surface area contributed by atoms with Crippen LogP contribution >= 0.6 is 0 Å². The van der Waals surface area contributed by atoms with E-state index >= 15 is 0 Å². The maximum atomic E-state index is 5.43. The summed E-state index contributed by atoms with van der Waals surface area (Å²) in [5, 5.41) is 0. The lowest BCUT2D eigenvalue weighted by Gasteiger charge is -2.02. The lowest BCUT2D eigenvalue weighted by Crippen LogP contribution is -2.27. The van der Waals surface area contributed by atoms with E-state index in [1.54, 1.807) is 0 Å². The summed E-state index contributed by atoms with van der Waals surface area (Å²) >= 11 is 0. The Labute approximate surface area is 102 Å². The number of hydrogen-bond acceptors (Lipinski definition) is 1. The summed E-state index contributed by atoms with van der Waals surface area (Å²) in [5.41, 5.74) is 1.16. The molecule has 3 nitrogen and oxygen atoms in total. The van der Waals surface area contributed by atoms with Crippen molar-refractivity contribution >= 4 is 0 Å². The Morgan fingerprint density at radius 1 is 1.18 bits per heavy atom. The second-order valence-electron chi connectivity index (χ2n) is 3.99. The summed E-state index contributed by atoms with van der Waals surface area (Å²) in [6, 6.07) is 8.15. The van der Waals surface area contributed by atoms with Crippen molar-refractivity contribution in [1.82, 2.24) is 4.57 Å². The lowest BCUT2D eigenvalue weighted by atomic mass is 10.3. The number of ether oxygens (including phenoxy) is 1. The van der Waals surface area contributed by atoms with E-state index < -0.39 is 0 Å². The molecule has 90 valence electrons. The molecule has 0 N–H and O–H groups in total. The molecule has 0 spiro atoms. The van der Waals surface area contributed by atoms with Gasteiger partial charge in [0.2, 0.25) is 6.33 Å². The number of rotatable bonds is 5. The number of imidazole rings is 1. The molecular weight excluding hydrogens is 212 g/mol. The zero-order chi connectivity index (χ0) is 12.1. The van der Waals surface area contributed by atoms with Crippen molar-refractivity contribution in [3.63, 3.8) is 0 Å². The summed E-state index contributed by atoms with van der Waals surface area (Å²) in [4.78, 5) is 0. The van der Waals surface area contributed by atoms with Gasteiger partial charge in [0.05, 0.1) is 13.2 Å². The molecule has 0 fully saturated rings. The fraction of sp³-hybridized carbons (Fsp3) is 0.357. The average Bonchev–Trinajstić information content (AvgIpc) is 2.80. The third-order valence-electron chi connectivity index (χ3n) is 2.62. The van der Waals surface area contributed by atoms with E-state index in [0.29, 0.717) is 6.61 Å². The van der Waals surface area contributed by atoms with Gasteiger partial charge in [0.15, 0.2) is 0 Å². The molecule has 0 saturated carbocycles. The maximum Gasteiger partial charge on any atom is 0.248 e. The number of nitrogens with zero attached hydrogens (tertiary/aromatic N) is 2. The summed E-state index contributed by atoms with van der Waals surface area (Å²) in [6.07, 6.45) is 7.43. The molecular formula is C14H19N2O+. The largest absolute Gasteiger partial charge is 0.494 e. The highest BCUT2D eigenvalue weighted by molar-refractivity contribution is 5.31. The monoisotopic (exact) mass is 231 g/mol. The first-order chi connectivity index (χ1) is 8.33. The minimum Gasteiger partial charge on any atom is -0.494 e. The Bertz CT molecular complexity index is 459. The molecule has 1 aromatic heterocycles. The molecule has 17 heavy (non-hydrogen) atoms. The highest BCUT2D eigenvalue weighted by Gasteiger charge is 2.05. The quantitative estimate of drug-likeness (QED) is 0.723. The smallest absolute Gasteiger partial charge is 0.248 e. The molecule has 3 heteroatoms. The SMILES string of the molecule is CCCn1cc[n+](-c2ccc(OCC)cc2)c1. The zero-order valence-corrected chi connectivity index (χ0v) is 10.5. The predicted molar refractivity (Wildman–Crippen MR) is 67.4 cm³/mol. The average molecular weight is 231 g/mol. The van der Waals surface area contributed by atoms with E-state index in [-0.39, 0.29) is 0 Å². The van der Waals surface area contributed by atoms with E-state index in [4.69, 9.17) is 4.74 Å². The van der Waals surface area contributed by atoms with Crippen molar-refractivity contribution in [1.29, 1.82) is 0 Å². The van der Waals surface area contributed by atoms with Crippen LogP contribution in [0.15, 0.2) is 43.0 Å². The molecule has 0 saturated heterocycles. The Morgan fingerprint density at radius 3 is 2.59 bits per heavy atom. The molecule has 0 amide bonds. The van der Waals surface area contributed by atoms with Crippen LogP contribution in [0.1, 0.15) is 20.3 Å². The Balaban J connectivity index is 2.15. The van der Waals surface area contributed by atoms with Crippen molar-refractivity contribution < 1.29 is 9.30 Å². The van der Waals surface area contributed by atoms with Crippen molar-refractivity contribution in [2.24, 2.45) is 0 Å². The standard InChI is InChI=1S/C14H19N2O/c1-3-9-15-10-11-16(12-15)13-5-7-14(8-6-13)17-4-2/h5-8,10-12H,3-4,9H2,1-2H3/q+1. The van der Waals surface area contributed by atoms with Crippen molar-refractivity contribution in [2.75, 3.05) is 6.61 Å².